The normalized spacial score (nSPS) is 12.1. The molecule has 1 amide bonds. The molecule has 2 heterocycles. The lowest BCUT2D eigenvalue weighted by atomic mass is 9.90. The number of carbonyl (C=O) groups is 1. The monoisotopic (exact) mass is 419 g/mol. The van der Waals surface area contributed by atoms with E-state index in [0.717, 1.165) is 26.4 Å². The molecule has 1 unspecified atom stereocenters. The Labute approximate surface area is 178 Å². The zero-order valence-corrected chi connectivity index (χ0v) is 17.3. The summed E-state index contributed by atoms with van der Waals surface area (Å²) in [7, 11) is 0. The number of amides is 1. The third-order valence-electron chi connectivity index (χ3n) is 4.78. The number of thiophene rings is 2. The van der Waals surface area contributed by atoms with E-state index in [1.54, 1.807) is 11.3 Å². The minimum absolute atomic E-state index is 0.0317. The van der Waals surface area contributed by atoms with E-state index in [4.69, 9.17) is 0 Å². The van der Waals surface area contributed by atoms with Crippen molar-refractivity contribution >= 4 is 28.6 Å². The molecule has 1 atom stereocenters. The summed E-state index contributed by atoms with van der Waals surface area (Å²) in [5.41, 5.74) is 2.84. The van der Waals surface area contributed by atoms with Crippen molar-refractivity contribution < 1.29 is 9.90 Å². The molecular formula is C24H21NO2S2. The van der Waals surface area contributed by atoms with Crippen LogP contribution in [0, 0.1) is 0 Å². The first-order chi connectivity index (χ1) is 14.2. The van der Waals surface area contributed by atoms with Crippen molar-refractivity contribution in [2.75, 3.05) is 0 Å². The summed E-state index contributed by atoms with van der Waals surface area (Å²) in [6, 6.07) is 25.5. The van der Waals surface area contributed by atoms with Gasteiger partial charge >= 0.3 is 0 Å². The largest absolute Gasteiger partial charge is 0.383 e. The molecule has 0 aliphatic carbocycles. The van der Waals surface area contributed by atoms with E-state index in [9.17, 15) is 9.90 Å². The second kappa shape index (κ2) is 9.18. The quantitative estimate of drug-likeness (QED) is 0.425. The van der Waals surface area contributed by atoms with Gasteiger partial charge in [0.15, 0.2) is 0 Å². The number of carbonyl (C=O) groups excluding carboxylic acids is 1. The van der Waals surface area contributed by atoms with Crippen molar-refractivity contribution in [3.63, 3.8) is 0 Å². The summed E-state index contributed by atoms with van der Waals surface area (Å²) in [4.78, 5) is 15.0. The van der Waals surface area contributed by atoms with Crippen molar-refractivity contribution in [1.82, 2.24) is 5.32 Å². The van der Waals surface area contributed by atoms with Crippen LogP contribution in [0.5, 0.6) is 0 Å². The molecule has 4 rings (SSSR count). The van der Waals surface area contributed by atoms with Crippen molar-refractivity contribution in [1.29, 1.82) is 0 Å². The van der Waals surface area contributed by atoms with Crippen LogP contribution in [-0.4, -0.2) is 11.0 Å². The number of nitrogens with one attached hydrogen (secondary N) is 1. The number of hydrogen-bond donors (Lipinski definition) is 2. The Balaban J connectivity index is 1.48. The van der Waals surface area contributed by atoms with Crippen LogP contribution in [0.15, 0.2) is 89.6 Å². The molecule has 5 heteroatoms. The molecule has 2 aromatic heterocycles. The van der Waals surface area contributed by atoms with Crippen LogP contribution in [-0.2, 0) is 11.3 Å². The molecular weight excluding hydrogens is 398 g/mol. The molecule has 0 saturated heterocycles. The van der Waals surface area contributed by atoms with Gasteiger partial charge < -0.3 is 10.4 Å². The molecule has 0 bridgehead atoms. The first-order valence-electron chi connectivity index (χ1n) is 9.39. The van der Waals surface area contributed by atoms with Gasteiger partial charge in [0.1, 0.15) is 6.10 Å². The number of aliphatic hydroxyl groups excluding tert-OH is 1. The Morgan fingerprint density at radius 2 is 1.52 bits per heavy atom. The highest BCUT2D eigenvalue weighted by Crippen LogP contribution is 2.30. The molecule has 0 saturated carbocycles. The lowest BCUT2D eigenvalue weighted by Crippen LogP contribution is -2.29. The average molecular weight is 420 g/mol. The van der Waals surface area contributed by atoms with Crippen molar-refractivity contribution in [2.45, 2.75) is 18.6 Å². The van der Waals surface area contributed by atoms with Gasteiger partial charge in [0.05, 0.1) is 12.5 Å². The molecule has 29 heavy (non-hydrogen) atoms. The van der Waals surface area contributed by atoms with Crippen molar-refractivity contribution in [2.24, 2.45) is 0 Å². The summed E-state index contributed by atoms with van der Waals surface area (Å²) in [5.74, 6) is -0.385. The smallest absolute Gasteiger partial charge is 0.232 e. The Bertz CT molecular complexity index is 1000. The first kappa shape index (κ1) is 19.6. The summed E-state index contributed by atoms with van der Waals surface area (Å²) in [5, 5.41) is 17.5. The third kappa shape index (κ3) is 4.65. The molecule has 0 fully saturated rings. The van der Waals surface area contributed by atoms with Gasteiger partial charge in [-0.05, 0) is 45.6 Å². The topological polar surface area (TPSA) is 49.3 Å². The summed E-state index contributed by atoms with van der Waals surface area (Å²) in [6.45, 7) is 0.441. The lowest BCUT2D eigenvalue weighted by molar-refractivity contribution is -0.121. The predicted molar refractivity (Wildman–Crippen MR) is 119 cm³/mol. The van der Waals surface area contributed by atoms with Crippen LogP contribution in [0.25, 0.3) is 0 Å². The fraction of sp³-hybridized carbons (Fsp3) is 0.125. The summed E-state index contributed by atoms with van der Waals surface area (Å²) in [6.07, 6.45) is -0.614. The fourth-order valence-electron chi connectivity index (χ4n) is 3.29. The highest BCUT2D eigenvalue weighted by Gasteiger charge is 2.22. The number of aliphatic hydroxyl groups is 1. The van der Waals surface area contributed by atoms with E-state index in [1.165, 1.54) is 11.3 Å². The average Bonchev–Trinajstić information content (AvgIpc) is 3.46. The standard InChI is InChI=1S/C24H21NO2S2/c26-23(19-13-14-28-16-19)21-12-11-20(29-21)15-25-24(27)22(17-7-3-1-4-8-17)18-9-5-2-6-10-18/h1-14,16,22-23,26H,15H2,(H,25,27). The van der Waals surface area contributed by atoms with E-state index >= 15 is 0 Å². The minimum atomic E-state index is -0.614. The fourth-order valence-corrected chi connectivity index (χ4v) is 4.94. The second-order valence-corrected chi connectivity index (χ2v) is 8.72. The van der Waals surface area contributed by atoms with E-state index in [1.807, 2.05) is 89.6 Å². The van der Waals surface area contributed by atoms with Crippen LogP contribution in [0.2, 0.25) is 0 Å². The molecule has 0 aliphatic heterocycles. The van der Waals surface area contributed by atoms with Crippen LogP contribution in [0.1, 0.15) is 38.5 Å². The zero-order valence-electron chi connectivity index (χ0n) is 15.7. The van der Waals surface area contributed by atoms with E-state index in [2.05, 4.69) is 5.32 Å². The maximum Gasteiger partial charge on any atom is 0.232 e. The third-order valence-corrected chi connectivity index (χ3v) is 6.61. The summed E-state index contributed by atoms with van der Waals surface area (Å²) < 4.78 is 0. The highest BCUT2D eigenvalue weighted by molar-refractivity contribution is 7.12. The molecule has 0 spiro atoms. The van der Waals surface area contributed by atoms with Gasteiger partial charge in [0, 0.05) is 9.75 Å². The lowest BCUT2D eigenvalue weighted by Gasteiger charge is -2.17. The Hall–Kier alpha value is -2.73. The highest BCUT2D eigenvalue weighted by atomic mass is 32.1. The van der Waals surface area contributed by atoms with Gasteiger partial charge in [0.2, 0.25) is 5.91 Å². The van der Waals surface area contributed by atoms with Crippen LogP contribution in [0.4, 0.5) is 0 Å². The van der Waals surface area contributed by atoms with Crippen molar-refractivity contribution in [3.05, 3.63) is 116 Å². The Kier molecular flexibility index (Phi) is 6.20. The van der Waals surface area contributed by atoms with Gasteiger partial charge in [0.25, 0.3) is 0 Å². The van der Waals surface area contributed by atoms with Crippen LogP contribution < -0.4 is 5.32 Å². The maximum atomic E-state index is 13.1. The number of hydrogen-bond acceptors (Lipinski definition) is 4. The first-order valence-corrected chi connectivity index (χ1v) is 11.1. The molecule has 146 valence electrons. The number of rotatable bonds is 7. The molecule has 0 aliphatic rings. The summed E-state index contributed by atoms with van der Waals surface area (Å²) >= 11 is 3.09. The molecule has 4 aromatic rings. The Morgan fingerprint density at radius 1 is 0.862 bits per heavy atom. The molecule has 2 N–H and O–H groups in total. The van der Waals surface area contributed by atoms with Crippen molar-refractivity contribution in [3.8, 4) is 0 Å². The van der Waals surface area contributed by atoms with Gasteiger partial charge in [-0.2, -0.15) is 11.3 Å². The maximum absolute atomic E-state index is 13.1. The van der Waals surface area contributed by atoms with E-state index in [0.29, 0.717) is 6.54 Å². The Morgan fingerprint density at radius 3 is 2.10 bits per heavy atom. The van der Waals surface area contributed by atoms with Crippen LogP contribution in [0.3, 0.4) is 0 Å². The SMILES string of the molecule is O=C(NCc1ccc(C(O)c2ccsc2)s1)C(c1ccccc1)c1ccccc1. The van der Waals surface area contributed by atoms with E-state index in [-0.39, 0.29) is 11.8 Å². The van der Waals surface area contributed by atoms with Gasteiger partial charge in [-0.25, -0.2) is 0 Å². The van der Waals surface area contributed by atoms with Gasteiger partial charge in [-0.1, -0.05) is 60.7 Å². The minimum Gasteiger partial charge on any atom is -0.383 e. The predicted octanol–water partition coefficient (Wildman–Crippen LogP) is 5.34. The number of benzene rings is 2. The van der Waals surface area contributed by atoms with Gasteiger partial charge in [-0.3, -0.25) is 4.79 Å². The van der Waals surface area contributed by atoms with Crippen LogP contribution >= 0.6 is 22.7 Å². The zero-order chi connectivity index (χ0) is 20.1. The van der Waals surface area contributed by atoms with Gasteiger partial charge in [-0.15, -0.1) is 11.3 Å². The molecule has 3 nitrogen and oxygen atoms in total. The molecule has 0 radical (unpaired) electrons. The van der Waals surface area contributed by atoms with E-state index < -0.39 is 6.10 Å². The second-order valence-electron chi connectivity index (χ2n) is 6.74. The molecule has 2 aromatic carbocycles.